The van der Waals surface area contributed by atoms with Gasteiger partial charge in [-0.3, -0.25) is 14.5 Å². The summed E-state index contributed by atoms with van der Waals surface area (Å²) in [5, 5.41) is 14.5. The number of benzene rings is 1. The Morgan fingerprint density at radius 2 is 1.93 bits per heavy atom. The Morgan fingerprint density at radius 3 is 2.53 bits per heavy atom. The van der Waals surface area contributed by atoms with Gasteiger partial charge in [0, 0.05) is 37.7 Å². The molecule has 2 aromatic rings. The highest BCUT2D eigenvalue weighted by atomic mass is 35.5. The first kappa shape index (κ1) is 22.0. The molecule has 0 N–H and O–H groups in total. The van der Waals surface area contributed by atoms with E-state index < -0.39 is 5.56 Å². The molecule has 0 unspecified atom stereocenters. The normalized spacial score (nSPS) is 14.5. The Bertz CT molecular complexity index is 1020. The summed E-state index contributed by atoms with van der Waals surface area (Å²) in [5.74, 6) is -0.151. The second-order valence-electron chi connectivity index (χ2n) is 7.37. The van der Waals surface area contributed by atoms with Crippen LogP contribution in [0.4, 0.5) is 0 Å². The summed E-state index contributed by atoms with van der Waals surface area (Å²) in [6.07, 6.45) is 1.17. The number of aromatic nitrogens is 2. The Kier molecular flexibility index (Phi) is 7.24. The summed E-state index contributed by atoms with van der Waals surface area (Å²) in [7, 11) is 0. The second kappa shape index (κ2) is 9.88. The van der Waals surface area contributed by atoms with Crippen molar-refractivity contribution in [3.05, 3.63) is 62.0 Å². The molecule has 7 nitrogen and oxygen atoms in total. The first-order valence-corrected chi connectivity index (χ1v) is 10.6. The molecular weight excluding hydrogens is 402 g/mol. The van der Waals surface area contributed by atoms with Gasteiger partial charge in [-0.1, -0.05) is 37.6 Å². The third-order valence-corrected chi connectivity index (χ3v) is 5.68. The molecule has 0 aliphatic carbocycles. The van der Waals surface area contributed by atoms with Crippen molar-refractivity contribution in [1.82, 2.24) is 19.6 Å². The average molecular weight is 428 g/mol. The molecule has 0 radical (unpaired) electrons. The first-order chi connectivity index (χ1) is 14.5. The van der Waals surface area contributed by atoms with E-state index in [2.05, 4.69) is 10.00 Å². The van der Waals surface area contributed by atoms with Gasteiger partial charge in [0.1, 0.15) is 18.2 Å². The zero-order chi connectivity index (χ0) is 21.7. The molecule has 1 aromatic carbocycles. The number of carbonyl (C=O) groups is 1. The second-order valence-corrected chi connectivity index (χ2v) is 7.81. The summed E-state index contributed by atoms with van der Waals surface area (Å²) in [6.45, 7) is 7.15. The molecule has 1 aliphatic heterocycles. The predicted molar refractivity (Wildman–Crippen MR) is 115 cm³/mol. The standard InChI is InChI=1S/C22H26ClN5O2/c1-3-18-19(13-24)22(30)28(25-20(18)4-2)15-21(29)27-10-8-26(9-11-27)14-16-6-5-7-17(23)12-16/h5-7,12H,3-4,8-11,14-15H2,1-2H3. The summed E-state index contributed by atoms with van der Waals surface area (Å²) in [4.78, 5) is 29.5. The van der Waals surface area contributed by atoms with Gasteiger partial charge < -0.3 is 4.90 Å². The minimum Gasteiger partial charge on any atom is -0.339 e. The fourth-order valence-electron chi connectivity index (χ4n) is 3.82. The van der Waals surface area contributed by atoms with Gasteiger partial charge >= 0.3 is 0 Å². The van der Waals surface area contributed by atoms with Crippen molar-refractivity contribution in [2.24, 2.45) is 0 Å². The van der Waals surface area contributed by atoms with Crippen LogP contribution < -0.4 is 5.56 Å². The van der Waals surface area contributed by atoms with Gasteiger partial charge in [0.15, 0.2) is 0 Å². The number of piperazine rings is 1. The summed E-state index contributed by atoms with van der Waals surface area (Å²) in [6, 6.07) is 9.79. The number of amides is 1. The lowest BCUT2D eigenvalue weighted by Crippen LogP contribution is -2.50. The molecule has 1 amide bonds. The fourth-order valence-corrected chi connectivity index (χ4v) is 4.03. The number of rotatable bonds is 6. The molecule has 1 aromatic heterocycles. The average Bonchev–Trinajstić information content (AvgIpc) is 2.75. The smallest absolute Gasteiger partial charge is 0.285 e. The number of nitriles is 1. The number of carbonyl (C=O) groups excluding carboxylic acids is 1. The largest absolute Gasteiger partial charge is 0.339 e. The van der Waals surface area contributed by atoms with E-state index in [0.29, 0.717) is 37.2 Å². The maximum Gasteiger partial charge on any atom is 0.285 e. The van der Waals surface area contributed by atoms with Gasteiger partial charge in [0.05, 0.1) is 5.69 Å². The van der Waals surface area contributed by atoms with Crippen LogP contribution in [0.15, 0.2) is 29.1 Å². The summed E-state index contributed by atoms with van der Waals surface area (Å²) >= 11 is 6.05. The van der Waals surface area contributed by atoms with E-state index in [0.717, 1.165) is 34.9 Å². The van der Waals surface area contributed by atoms with Crippen LogP contribution in [0.3, 0.4) is 0 Å². The Morgan fingerprint density at radius 1 is 1.20 bits per heavy atom. The highest BCUT2D eigenvalue weighted by Gasteiger charge is 2.23. The van der Waals surface area contributed by atoms with Gasteiger partial charge in [-0.2, -0.15) is 10.4 Å². The molecule has 158 valence electrons. The van der Waals surface area contributed by atoms with E-state index in [1.807, 2.05) is 44.2 Å². The van der Waals surface area contributed by atoms with Crippen molar-refractivity contribution < 1.29 is 4.79 Å². The first-order valence-electron chi connectivity index (χ1n) is 10.2. The lowest BCUT2D eigenvalue weighted by atomic mass is 10.0. The highest BCUT2D eigenvalue weighted by molar-refractivity contribution is 6.30. The van der Waals surface area contributed by atoms with Gasteiger partial charge in [-0.05, 0) is 36.1 Å². The molecule has 30 heavy (non-hydrogen) atoms. The van der Waals surface area contributed by atoms with Crippen LogP contribution >= 0.6 is 11.6 Å². The van der Waals surface area contributed by atoms with Crippen molar-refractivity contribution in [1.29, 1.82) is 5.26 Å². The van der Waals surface area contributed by atoms with Crippen molar-refractivity contribution in [3.8, 4) is 6.07 Å². The van der Waals surface area contributed by atoms with E-state index >= 15 is 0 Å². The van der Waals surface area contributed by atoms with E-state index in [4.69, 9.17) is 11.6 Å². The SMILES string of the molecule is CCc1nn(CC(=O)N2CCN(Cc3cccc(Cl)c3)CC2)c(=O)c(C#N)c1CC. The molecule has 3 rings (SSSR count). The number of hydrogen-bond acceptors (Lipinski definition) is 5. The van der Waals surface area contributed by atoms with Crippen molar-refractivity contribution in [2.45, 2.75) is 39.8 Å². The Labute approximate surface area is 181 Å². The molecule has 2 heterocycles. The molecule has 1 saturated heterocycles. The zero-order valence-corrected chi connectivity index (χ0v) is 18.2. The molecule has 8 heteroatoms. The lowest BCUT2D eigenvalue weighted by Gasteiger charge is -2.34. The van der Waals surface area contributed by atoms with Gasteiger partial charge in [-0.25, -0.2) is 4.68 Å². The monoisotopic (exact) mass is 427 g/mol. The van der Waals surface area contributed by atoms with Crippen molar-refractivity contribution in [2.75, 3.05) is 26.2 Å². The van der Waals surface area contributed by atoms with Crippen LogP contribution in [-0.2, 0) is 30.7 Å². The van der Waals surface area contributed by atoms with Gasteiger partial charge in [-0.15, -0.1) is 0 Å². The maximum absolute atomic E-state index is 12.8. The molecule has 0 saturated carbocycles. The van der Waals surface area contributed by atoms with Crippen LogP contribution in [0.5, 0.6) is 0 Å². The summed E-state index contributed by atoms with van der Waals surface area (Å²) in [5.41, 5.74) is 2.14. The molecule has 1 aliphatic rings. The van der Waals surface area contributed by atoms with E-state index in [1.165, 1.54) is 0 Å². The van der Waals surface area contributed by atoms with Crippen LogP contribution in [0.1, 0.15) is 36.2 Å². The van der Waals surface area contributed by atoms with Gasteiger partial charge in [0.25, 0.3) is 5.56 Å². The zero-order valence-electron chi connectivity index (χ0n) is 17.4. The predicted octanol–water partition coefficient (Wildman–Crippen LogP) is 2.24. The molecule has 1 fully saturated rings. The minimum atomic E-state index is -0.487. The van der Waals surface area contributed by atoms with E-state index in [-0.39, 0.29) is 18.0 Å². The Hall–Kier alpha value is -2.69. The molecule has 0 spiro atoms. The van der Waals surface area contributed by atoms with Crippen molar-refractivity contribution >= 4 is 17.5 Å². The maximum atomic E-state index is 12.8. The van der Waals surface area contributed by atoms with Gasteiger partial charge in [0.2, 0.25) is 5.91 Å². The van der Waals surface area contributed by atoms with E-state index in [9.17, 15) is 14.9 Å². The molecule has 0 atom stereocenters. The third-order valence-electron chi connectivity index (χ3n) is 5.45. The fraction of sp³-hybridized carbons (Fsp3) is 0.455. The quantitative estimate of drug-likeness (QED) is 0.706. The van der Waals surface area contributed by atoms with Crippen LogP contribution in [-0.4, -0.2) is 51.7 Å². The van der Waals surface area contributed by atoms with Crippen LogP contribution in [0, 0.1) is 11.3 Å². The third kappa shape index (κ3) is 4.89. The minimum absolute atomic E-state index is 0.100. The lowest BCUT2D eigenvalue weighted by molar-refractivity contribution is -0.133. The van der Waals surface area contributed by atoms with Crippen LogP contribution in [0.2, 0.25) is 5.02 Å². The number of nitrogens with zero attached hydrogens (tertiary/aromatic N) is 5. The van der Waals surface area contributed by atoms with Crippen LogP contribution in [0.25, 0.3) is 0 Å². The number of halogens is 1. The number of aryl methyl sites for hydroxylation is 1. The Balaban J connectivity index is 1.65. The highest BCUT2D eigenvalue weighted by Crippen LogP contribution is 2.14. The molecule has 0 bridgehead atoms. The van der Waals surface area contributed by atoms with E-state index in [1.54, 1.807) is 4.90 Å². The summed E-state index contributed by atoms with van der Waals surface area (Å²) < 4.78 is 1.15. The molecular formula is C22H26ClN5O2. The van der Waals surface area contributed by atoms with Crippen molar-refractivity contribution in [3.63, 3.8) is 0 Å². The number of hydrogen-bond donors (Lipinski definition) is 0. The topological polar surface area (TPSA) is 82.2 Å².